The Morgan fingerprint density at radius 2 is 1.53 bits per heavy atom. The van der Waals surface area contributed by atoms with E-state index in [-0.39, 0.29) is 0 Å². The summed E-state index contributed by atoms with van der Waals surface area (Å²) < 4.78 is 0. The van der Waals surface area contributed by atoms with Crippen molar-refractivity contribution < 1.29 is 4.79 Å². The average Bonchev–Trinajstić information content (AvgIpc) is 2.29. The van der Waals surface area contributed by atoms with Crippen LogP contribution in [0.25, 0.3) is 0 Å². The van der Waals surface area contributed by atoms with Gasteiger partial charge in [-0.3, -0.25) is 4.79 Å². The van der Waals surface area contributed by atoms with Gasteiger partial charge in [0.05, 0.1) is 0 Å². The van der Waals surface area contributed by atoms with Gasteiger partial charge in [0.15, 0.2) is 6.29 Å². The summed E-state index contributed by atoms with van der Waals surface area (Å²) >= 11 is 0. The van der Waals surface area contributed by atoms with Gasteiger partial charge >= 0.3 is 0 Å². The predicted octanol–water partition coefficient (Wildman–Crippen LogP) is 3.68. The fourth-order valence-corrected chi connectivity index (χ4v) is 1.70. The highest BCUT2D eigenvalue weighted by atomic mass is 16.1. The highest BCUT2D eigenvalue weighted by Gasteiger charge is 1.93. The van der Waals surface area contributed by atoms with Crippen LogP contribution in [0, 0.1) is 0 Å². The molecule has 15 heavy (non-hydrogen) atoms. The Balaban J connectivity index is 1.95. The monoisotopic (exact) mass is 203 g/mol. The molecule has 81 valence electrons. The van der Waals surface area contributed by atoms with Gasteiger partial charge < -0.3 is 0 Å². The summed E-state index contributed by atoms with van der Waals surface area (Å²) in [5, 5.41) is 0. The SMILES string of the molecule is O=[C]CCCCCCCc1ccccc1. The first-order chi connectivity index (χ1) is 7.43. The maximum Gasteiger partial charge on any atom is 0.198 e. The Hall–Kier alpha value is -1.11. The van der Waals surface area contributed by atoms with Crippen molar-refractivity contribution >= 4 is 6.29 Å². The molecule has 1 nitrogen and oxygen atoms in total. The predicted molar refractivity (Wildman–Crippen MR) is 63.5 cm³/mol. The number of aryl methyl sites for hydroxylation is 1. The van der Waals surface area contributed by atoms with E-state index in [1.807, 2.05) is 6.29 Å². The van der Waals surface area contributed by atoms with Crippen LogP contribution in [0.1, 0.15) is 44.1 Å². The average molecular weight is 203 g/mol. The van der Waals surface area contributed by atoms with E-state index >= 15 is 0 Å². The molecule has 1 radical (unpaired) electrons. The molecule has 0 aromatic heterocycles. The summed E-state index contributed by atoms with van der Waals surface area (Å²) in [7, 11) is 0. The minimum absolute atomic E-state index is 0.610. The Morgan fingerprint density at radius 1 is 0.867 bits per heavy atom. The van der Waals surface area contributed by atoms with Crippen molar-refractivity contribution in [2.75, 3.05) is 0 Å². The maximum atomic E-state index is 9.95. The lowest BCUT2D eigenvalue weighted by Crippen LogP contribution is -1.85. The molecule has 0 aliphatic rings. The minimum Gasteiger partial charge on any atom is -0.291 e. The van der Waals surface area contributed by atoms with Crippen molar-refractivity contribution in [3.8, 4) is 0 Å². The maximum absolute atomic E-state index is 9.95. The fourth-order valence-electron chi connectivity index (χ4n) is 1.70. The fraction of sp³-hybridized carbons (Fsp3) is 0.500. The zero-order valence-corrected chi connectivity index (χ0v) is 9.24. The van der Waals surface area contributed by atoms with E-state index in [1.54, 1.807) is 0 Å². The third-order valence-electron chi connectivity index (χ3n) is 2.59. The van der Waals surface area contributed by atoms with Crippen LogP contribution in [0.2, 0.25) is 0 Å². The van der Waals surface area contributed by atoms with Crippen LogP contribution >= 0.6 is 0 Å². The van der Waals surface area contributed by atoms with Gasteiger partial charge in [-0.25, -0.2) is 0 Å². The zero-order valence-electron chi connectivity index (χ0n) is 9.24. The Morgan fingerprint density at radius 3 is 2.27 bits per heavy atom. The van der Waals surface area contributed by atoms with Gasteiger partial charge in [-0.15, -0.1) is 0 Å². The number of hydrogen-bond acceptors (Lipinski definition) is 1. The smallest absolute Gasteiger partial charge is 0.198 e. The zero-order chi connectivity index (χ0) is 10.8. The van der Waals surface area contributed by atoms with Gasteiger partial charge in [0.2, 0.25) is 0 Å². The van der Waals surface area contributed by atoms with E-state index in [1.165, 1.54) is 37.7 Å². The first-order valence-electron chi connectivity index (χ1n) is 5.82. The second kappa shape index (κ2) is 8.22. The first kappa shape index (κ1) is 12.0. The van der Waals surface area contributed by atoms with Crippen molar-refractivity contribution in [1.29, 1.82) is 0 Å². The molecule has 1 aromatic rings. The summed E-state index contributed by atoms with van der Waals surface area (Å²) in [6, 6.07) is 10.6. The lowest BCUT2D eigenvalue weighted by molar-refractivity contribution is 0.542. The molecule has 0 bridgehead atoms. The Labute approximate surface area is 92.5 Å². The first-order valence-corrected chi connectivity index (χ1v) is 5.82. The van der Waals surface area contributed by atoms with Crippen molar-refractivity contribution in [3.63, 3.8) is 0 Å². The van der Waals surface area contributed by atoms with Gasteiger partial charge in [-0.2, -0.15) is 0 Å². The van der Waals surface area contributed by atoms with Gasteiger partial charge in [-0.1, -0.05) is 49.6 Å². The van der Waals surface area contributed by atoms with Crippen LogP contribution in [0.3, 0.4) is 0 Å². The molecule has 0 aliphatic carbocycles. The quantitative estimate of drug-likeness (QED) is 0.589. The van der Waals surface area contributed by atoms with Gasteiger partial charge in [0.1, 0.15) is 0 Å². The minimum atomic E-state index is 0.610. The Kier molecular flexibility index (Phi) is 6.55. The second-order valence-electron chi connectivity index (χ2n) is 3.90. The second-order valence-corrected chi connectivity index (χ2v) is 3.90. The molecule has 0 aliphatic heterocycles. The molecule has 0 saturated carbocycles. The lowest BCUT2D eigenvalue weighted by Gasteiger charge is -2.01. The van der Waals surface area contributed by atoms with Gasteiger partial charge in [0, 0.05) is 6.42 Å². The molecule has 0 fully saturated rings. The summed E-state index contributed by atoms with van der Waals surface area (Å²) in [6.07, 6.45) is 9.68. The van der Waals surface area contributed by atoms with Gasteiger partial charge in [-0.05, 0) is 24.8 Å². The van der Waals surface area contributed by atoms with E-state index in [0.717, 1.165) is 6.42 Å². The topological polar surface area (TPSA) is 17.1 Å². The van der Waals surface area contributed by atoms with E-state index in [9.17, 15) is 4.79 Å². The molecule has 0 heterocycles. The number of benzene rings is 1. The summed E-state index contributed by atoms with van der Waals surface area (Å²) in [6.45, 7) is 0. The largest absolute Gasteiger partial charge is 0.291 e. The molecule has 1 rings (SSSR count). The number of unbranched alkanes of at least 4 members (excludes halogenated alkanes) is 5. The van der Waals surface area contributed by atoms with Crippen LogP contribution in [-0.2, 0) is 11.2 Å². The van der Waals surface area contributed by atoms with Gasteiger partial charge in [0.25, 0.3) is 0 Å². The van der Waals surface area contributed by atoms with Crippen LogP contribution < -0.4 is 0 Å². The molecule has 0 unspecified atom stereocenters. The van der Waals surface area contributed by atoms with E-state index in [2.05, 4.69) is 30.3 Å². The van der Waals surface area contributed by atoms with Crippen molar-refractivity contribution in [3.05, 3.63) is 35.9 Å². The molecule has 0 saturated heterocycles. The molecule has 0 amide bonds. The normalized spacial score (nSPS) is 10.1. The van der Waals surface area contributed by atoms with Crippen LogP contribution in [0.4, 0.5) is 0 Å². The number of rotatable bonds is 8. The summed E-state index contributed by atoms with van der Waals surface area (Å²) in [5.41, 5.74) is 1.43. The van der Waals surface area contributed by atoms with Crippen LogP contribution in [0.5, 0.6) is 0 Å². The van der Waals surface area contributed by atoms with Crippen molar-refractivity contribution in [2.24, 2.45) is 0 Å². The standard InChI is InChI=1S/C14H19O/c15-13-9-4-2-1-3-6-10-14-11-7-5-8-12-14/h5,7-8,11-12H,1-4,6,9-10H2. The van der Waals surface area contributed by atoms with E-state index < -0.39 is 0 Å². The summed E-state index contributed by atoms with van der Waals surface area (Å²) in [4.78, 5) is 9.95. The third-order valence-corrected chi connectivity index (χ3v) is 2.59. The third kappa shape index (κ3) is 6.05. The van der Waals surface area contributed by atoms with E-state index in [0.29, 0.717) is 6.42 Å². The molecular formula is C14H19O. The molecule has 0 atom stereocenters. The van der Waals surface area contributed by atoms with Crippen molar-refractivity contribution in [2.45, 2.75) is 44.9 Å². The van der Waals surface area contributed by atoms with Crippen molar-refractivity contribution in [1.82, 2.24) is 0 Å². The summed E-state index contributed by atoms with van der Waals surface area (Å²) in [5.74, 6) is 0. The Bertz CT molecular complexity index is 253. The lowest BCUT2D eigenvalue weighted by atomic mass is 10.1. The molecule has 0 spiro atoms. The molecule has 1 heteroatoms. The molecule has 0 N–H and O–H groups in total. The number of carbonyl (C=O) groups excluding carboxylic acids is 1. The highest BCUT2D eigenvalue weighted by molar-refractivity contribution is 5.50. The molecule has 1 aromatic carbocycles. The van der Waals surface area contributed by atoms with Crippen LogP contribution in [0.15, 0.2) is 30.3 Å². The highest BCUT2D eigenvalue weighted by Crippen LogP contribution is 2.09. The van der Waals surface area contributed by atoms with Crippen LogP contribution in [-0.4, -0.2) is 6.29 Å². The van der Waals surface area contributed by atoms with E-state index in [4.69, 9.17) is 0 Å². The number of hydrogen-bond donors (Lipinski definition) is 0. The molecular weight excluding hydrogens is 184 g/mol.